The number of esters is 1. The van der Waals surface area contributed by atoms with Gasteiger partial charge in [-0.1, -0.05) is 54.6 Å². The van der Waals surface area contributed by atoms with E-state index in [9.17, 15) is 14.7 Å². The van der Waals surface area contributed by atoms with Crippen LogP contribution in [0.2, 0.25) is 0 Å². The number of carboxylic acid groups (broad SMARTS) is 1. The van der Waals surface area contributed by atoms with E-state index in [1.54, 1.807) is 27.7 Å². The number of nitrogens with one attached hydrogen (secondary N) is 1. The van der Waals surface area contributed by atoms with Gasteiger partial charge in [0.15, 0.2) is 0 Å². The Bertz CT molecular complexity index is 763. The van der Waals surface area contributed by atoms with E-state index in [1.807, 2.05) is 54.6 Å². The minimum atomic E-state index is -1.00. The second-order valence-corrected chi connectivity index (χ2v) is 7.58. The first-order valence-electron chi connectivity index (χ1n) is 9.02. The van der Waals surface area contributed by atoms with Crippen LogP contribution in [-0.2, 0) is 20.7 Å². The Kier molecular flexibility index (Phi) is 6.75. The van der Waals surface area contributed by atoms with E-state index in [-0.39, 0.29) is 6.42 Å². The maximum atomic E-state index is 12.1. The van der Waals surface area contributed by atoms with E-state index in [0.717, 1.165) is 16.7 Å². The number of hydrogen-bond acceptors (Lipinski definition) is 4. The van der Waals surface area contributed by atoms with Crippen LogP contribution in [0.1, 0.15) is 33.3 Å². The molecule has 144 valence electrons. The van der Waals surface area contributed by atoms with Gasteiger partial charge >= 0.3 is 11.9 Å². The minimum Gasteiger partial charge on any atom is -0.480 e. The van der Waals surface area contributed by atoms with E-state index in [2.05, 4.69) is 5.32 Å². The largest absolute Gasteiger partial charge is 0.480 e. The summed E-state index contributed by atoms with van der Waals surface area (Å²) >= 11 is 0. The highest BCUT2D eigenvalue weighted by atomic mass is 16.6. The van der Waals surface area contributed by atoms with Gasteiger partial charge in [-0.3, -0.25) is 14.9 Å². The fraction of sp³-hybridized carbons (Fsp3) is 0.364. The van der Waals surface area contributed by atoms with E-state index < -0.39 is 29.6 Å². The fourth-order valence-corrected chi connectivity index (χ4v) is 2.68. The van der Waals surface area contributed by atoms with Crippen molar-refractivity contribution < 1.29 is 19.4 Å². The molecule has 2 N–H and O–H groups in total. The molecular weight excluding hydrogens is 342 g/mol. The Labute approximate surface area is 160 Å². The number of rotatable bonds is 7. The first-order valence-corrected chi connectivity index (χ1v) is 9.02. The van der Waals surface area contributed by atoms with Crippen molar-refractivity contribution >= 4 is 11.9 Å². The van der Waals surface area contributed by atoms with E-state index in [4.69, 9.17) is 4.74 Å². The highest BCUT2D eigenvalue weighted by Gasteiger charge is 2.27. The summed E-state index contributed by atoms with van der Waals surface area (Å²) < 4.78 is 5.30. The Balaban J connectivity index is 2.03. The molecule has 2 aromatic carbocycles. The summed E-state index contributed by atoms with van der Waals surface area (Å²) in [6, 6.07) is 16.2. The first-order chi connectivity index (χ1) is 12.7. The Morgan fingerprint density at radius 3 is 2.07 bits per heavy atom. The van der Waals surface area contributed by atoms with Crippen molar-refractivity contribution in [1.29, 1.82) is 0 Å². The minimum absolute atomic E-state index is 0.275. The predicted octanol–water partition coefficient (Wildman–Crippen LogP) is 3.67. The topological polar surface area (TPSA) is 75.6 Å². The number of carbonyl (C=O) groups is 2. The van der Waals surface area contributed by atoms with Gasteiger partial charge < -0.3 is 9.84 Å². The first kappa shape index (κ1) is 20.6. The molecule has 2 aromatic rings. The summed E-state index contributed by atoms with van der Waals surface area (Å²) in [5, 5.41) is 12.4. The highest BCUT2D eigenvalue weighted by Crippen LogP contribution is 2.20. The molecule has 27 heavy (non-hydrogen) atoms. The van der Waals surface area contributed by atoms with Crippen LogP contribution in [0.15, 0.2) is 54.6 Å². The molecule has 0 radical (unpaired) electrons. The normalized spacial score (nSPS) is 13.6. The predicted molar refractivity (Wildman–Crippen MR) is 105 cm³/mol. The molecule has 5 nitrogen and oxygen atoms in total. The third-order valence-electron chi connectivity index (χ3n) is 4.01. The van der Waals surface area contributed by atoms with Gasteiger partial charge in [0.1, 0.15) is 17.7 Å². The molecule has 0 aliphatic rings. The van der Waals surface area contributed by atoms with Crippen molar-refractivity contribution in [1.82, 2.24) is 5.32 Å². The van der Waals surface area contributed by atoms with Crippen molar-refractivity contribution in [3.05, 3.63) is 60.2 Å². The number of carbonyl (C=O) groups excluding carboxylic acids is 1. The summed E-state index contributed by atoms with van der Waals surface area (Å²) in [5.41, 5.74) is 2.45. The van der Waals surface area contributed by atoms with Gasteiger partial charge in [0.25, 0.3) is 0 Å². The van der Waals surface area contributed by atoms with E-state index >= 15 is 0 Å². The lowest BCUT2D eigenvalue weighted by molar-refractivity contribution is -0.157. The summed E-state index contributed by atoms with van der Waals surface area (Å²) in [6.45, 7) is 6.95. The highest BCUT2D eigenvalue weighted by molar-refractivity contribution is 5.79. The average Bonchev–Trinajstić information content (AvgIpc) is 2.61. The van der Waals surface area contributed by atoms with Crippen LogP contribution >= 0.6 is 0 Å². The Morgan fingerprint density at radius 1 is 1.00 bits per heavy atom. The van der Waals surface area contributed by atoms with Gasteiger partial charge in [-0.15, -0.1) is 0 Å². The molecule has 0 heterocycles. The molecule has 0 amide bonds. The molecule has 0 aromatic heterocycles. The van der Waals surface area contributed by atoms with Crippen LogP contribution < -0.4 is 5.32 Å². The van der Waals surface area contributed by atoms with Crippen molar-refractivity contribution in [2.45, 2.75) is 51.8 Å². The quantitative estimate of drug-likeness (QED) is 0.729. The monoisotopic (exact) mass is 369 g/mol. The summed E-state index contributed by atoms with van der Waals surface area (Å²) in [6.07, 6.45) is 0.275. The summed E-state index contributed by atoms with van der Waals surface area (Å²) in [5.74, 6) is -1.47. The lowest BCUT2D eigenvalue weighted by atomic mass is 10.0. The molecule has 0 aliphatic carbocycles. The van der Waals surface area contributed by atoms with Gasteiger partial charge in [0, 0.05) is 0 Å². The van der Waals surface area contributed by atoms with Crippen LogP contribution in [0.3, 0.4) is 0 Å². The number of benzene rings is 2. The third kappa shape index (κ3) is 6.53. The Morgan fingerprint density at radius 2 is 1.56 bits per heavy atom. The number of aliphatic carboxylic acids is 1. The molecule has 5 heteroatoms. The van der Waals surface area contributed by atoms with Crippen LogP contribution in [0, 0.1) is 0 Å². The number of carboxylic acids is 1. The van der Waals surface area contributed by atoms with Crippen molar-refractivity contribution in [2.24, 2.45) is 0 Å². The molecule has 0 saturated carbocycles. The summed E-state index contributed by atoms with van der Waals surface area (Å²) in [7, 11) is 0. The van der Waals surface area contributed by atoms with Gasteiger partial charge in [-0.2, -0.15) is 0 Å². The van der Waals surface area contributed by atoms with Crippen LogP contribution in [0.25, 0.3) is 11.1 Å². The number of hydrogen-bond donors (Lipinski definition) is 2. The standard InChI is InChI=1S/C22H27NO4/c1-15(21(26)27-22(2,3)4)23-19(20(24)25)14-16-10-12-18(13-11-16)17-8-6-5-7-9-17/h5-13,15,19,23H,14H2,1-4H3,(H,24,25). The van der Waals surface area contributed by atoms with Gasteiger partial charge in [0.05, 0.1) is 0 Å². The number of ether oxygens (including phenoxy) is 1. The van der Waals surface area contributed by atoms with Gasteiger partial charge in [-0.25, -0.2) is 0 Å². The molecule has 0 fully saturated rings. The molecule has 2 rings (SSSR count). The van der Waals surface area contributed by atoms with Crippen LogP contribution in [0.4, 0.5) is 0 Å². The van der Waals surface area contributed by atoms with E-state index in [0.29, 0.717) is 0 Å². The molecule has 2 atom stereocenters. The van der Waals surface area contributed by atoms with Crippen molar-refractivity contribution in [2.75, 3.05) is 0 Å². The van der Waals surface area contributed by atoms with Gasteiger partial charge in [0.2, 0.25) is 0 Å². The lowest BCUT2D eigenvalue weighted by Gasteiger charge is -2.24. The second-order valence-electron chi connectivity index (χ2n) is 7.58. The molecule has 2 unspecified atom stereocenters. The summed E-state index contributed by atoms with van der Waals surface area (Å²) in [4.78, 5) is 23.7. The Hall–Kier alpha value is -2.66. The lowest BCUT2D eigenvalue weighted by Crippen LogP contribution is -2.48. The molecular formula is C22H27NO4. The second kappa shape index (κ2) is 8.82. The van der Waals surface area contributed by atoms with E-state index in [1.165, 1.54) is 0 Å². The smallest absolute Gasteiger partial charge is 0.323 e. The van der Waals surface area contributed by atoms with Crippen molar-refractivity contribution in [3.8, 4) is 11.1 Å². The molecule has 0 bridgehead atoms. The maximum Gasteiger partial charge on any atom is 0.323 e. The molecule has 0 aliphatic heterocycles. The van der Waals surface area contributed by atoms with Crippen LogP contribution in [0.5, 0.6) is 0 Å². The zero-order valence-electron chi connectivity index (χ0n) is 16.2. The van der Waals surface area contributed by atoms with Crippen LogP contribution in [-0.4, -0.2) is 34.7 Å². The maximum absolute atomic E-state index is 12.1. The zero-order chi connectivity index (χ0) is 20.0. The SMILES string of the molecule is CC(NC(Cc1ccc(-c2ccccc2)cc1)C(=O)O)C(=O)OC(C)(C)C. The molecule has 0 spiro atoms. The molecule has 0 saturated heterocycles. The fourth-order valence-electron chi connectivity index (χ4n) is 2.68. The van der Waals surface area contributed by atoms with Gasteiger partial charge in [-0.05, 0) is 50.8 Å². The van der Waals surface area contributed by atoms with Crippen molar-refractivity contribution in [3.63, 3.8) is 0 Å². The average molecular weight is 369 g/mol. The zero-order valence-corrected chi connectivity index (χ0v) is 16.2. The third-order valence-corrected chi connectivity index (χ3v) is 4.01.